The van der Waals surface area contributed by atoms with Crippen molar-refractivity contribution in [1.82, 2.24) is 19.5 Å². The number of hydrogen-bond donors (Lipinski definition) is 1. The lowest BCUT2D eigenvalue weighted by Gasteiger charge is -2.12. The van der Waals surface area contributed by atoms with Crippen LogP contribution in [0.5, 0.6) is 5.75 Å². The minimum Gasteiger partial charge on any atom is -0.497 e. The number of thioether (sulfide) groups is 1. The fourth-order valence-electron chi connectivity index (χ4n) is 2.63. The van der Waals surface area contributed by atoms with Crippen LogP contribution in [0.3, 0.4) is 0 Å². The van der Waals surface area contributed by atoms with Crippen LogP contribution < -0.4 is 9.46 Å². The lowest BCUT2D eigenvalue weighted by atomic mass is 10.3. The van der Waals surface area contributed by atoms with E-state index in [4.69, 9.17) is 16.3 Å². The average molecular weight is 515 g/mol. The summed E-state index contributed by atoms with van der Waals surface area (Å²) in [5.41, 5.74) is 0.707. The lowest BCUT2D eigenvalue weighted by molar-refractivity contribution is 0.0602. The van der Waals surface area contributed by atoms with Crippen molar-refractivity contribution in [3.63, 3.8) is 0 Å². The molecule has 3 rings (SSSR count). The van der Waals surface area contributed by atoms with Crippen molar-refractivity contribution in [3.05, 3.63) is 58.0 Å². The Balaban J connectivity index is 1.91. The number of esters is 1. The maximum Gasteiger partial charge on any atom is 0.349 e. The number of carbonyl (C=O) groups excluding carboxylic acids is 1. The average Bonchev–Trinajstić information content (AvgIpc) is 3.43. The van der Waals surface area contributed by atoms with Gasteiger partial charge in [0.05, 0.1) is 20.8 Å². The van der Waals surface area contributed by atoms with Gasteiger partial charge in [-0.2, -0.15) is 0 Å². The normalized spacial score (nSPS) is 11.3. The van der Waals surface area contributed by atoms with Crippen molar-refractivity contribution < 1.29 is 22.7 Å². The summed E-state index contributed by atoms with van der Waals surface area (Å²) in [5.74, 6) is 0.692. The summed E-state index contributed by atoms with van der Waals surface area (Å²) in [6.45, 7) is 3.50. The summed E-state index contributed by atoms with van der Waals surface area (Å²) in [5, 5.41) is 10.8. The van der Waals surface area contributed by atoms with Crippen LogP contribution in [0.15, 0.2) is 57.4 Å². The molecule has 2 aromatic heterocycles. The molecule has 0 radical (unpaired) electrons. The molecule has 0 saturated carbocycles. The summed E-state index contributed by atoms with van der Waals surface area (Å²) in [4.78, 5) is 11.7. The van der Waals surface area contributed by atoms with Crippen LogP contribution in [0.2, 0.25) is 0 Å². The number of methoxy groups -OCH3 is 2. The van der Waals surface area contributed by atoms with Crippen LogP contribution in [-0.4, -0.2) is 49.1 Å². The van der Waals surface area contributed by atoms with Crippen LogP contribution in [0.4, 0.5) is 0 Å². The topological polar surface area (TPSA) is 112 Å². The Kier molecular flexibility index (Phi) is 7.96. The van der Waals surface area contributed by atoms with E-state index in [9.17, 15) is 13.2 Å². The highest BCUT2D eigenvalue weighted by Gasteiger charge is 2.25. The van der Waals surface area contributed by atoms with Gasteiger partial charge in [0.15, 0.2) is 11.0 Å². The summed E-state index contributed by atoms with van der Waals surface area (Å²) in [6, 6.07) is 8.49. The molecule has 0 spiro atoms. The predicted octanol–water partition coefficient (Wildman–Crippen LogP) is 3.45. The molecule has 0 fully saturated rings. The Morgan fingerprint density at radius 1 is 1.25 bits per heavy atom. The number of carbonyl (C=O) groups is 1. The molecule has 32 heavy (non-hydrogen) atoms. The van der Waals surface area contributed by atoms with Gasteiger partial charge in [-0.05, 0) is 35.7 Å². The minimum absolute atomic E-state index is 0.00603. The molecule has 0 aliphatic heterocycles. The van der Waals surface area contributed by atoms with E-state index in [1.54, 1.807) is 35.9 Å². The molecule has 0 aliphatic carbocycles. The second-order valence-electron chi connectivity index (χ2n) is 6.17. The second-order valence-corrected chi connectivity index (χ2v) is 10.3. The molecule has 9 nitrogen and oxygen atoms in total. The predicted molar refractivity (Wildman–Crippen MR) is 123 cm³/mol. The van der Waals surface area contributed by atoms with E-state index in [-0.39, 0.29) is 16.3 Å². The highest BCUT2D eigenvalue weighted by molar-refractivity contribution is 7.99. The quantitative estimate of drug-likeness (QED) is 0.323. The minimum atomic E-state index is -4.01. The molecule has 13 heteroatoms. The summed E-state index contributed by atoms with van der Waals surface area (Å²) >= 11 is 8.18. The third kappa shape index (κ3) is 5.51. The third-order valence-corrected chi connectivity index (χ3v) is 7.87. The number of benzene rings is 1. The number of ether oxygens (including phenoxy) is 2. The largest absolute Gasteiger partial charge is 0.497 e. The molecular formula is C19H19ClN4O5S3. The molecule has 0 aliphatic rings. The lowest BCUT2D eigenvalue weighted by Crippen LogP contribution is -2.26. The van der Waals surface area contributed by atoms with Crippen LogP contribution in [0.25, 0.3) is 5.69 Å². The number of aromatic nitrogens is 3. The zero-order valence-electron chi connectivity index (χ0n) is 17.1. The maximum absolute atomic E-state index is 12.8. The number of nitrogens with zero attached hydrogens (tertiary/aromatic N) is 3. The van der Waals surface area contributed by atoms with E-state index in [1.165, 1.54) is 30.3 Å². The first-order valence-corrected chi connectivity index (χ1v) is 12.7. The maximum atomic E-state index is 12.8. The van der Waals surface area contributed by atoms with Crippen LogP contribution in [-0.2, 0) is 21.3 Å². The van der Waals surface area contributed by atoms with E-state index in [0.717, 1.165) is 11.3 Å². The Hall–Kier alpha value is -2.38. The van der Waals surface area contributed by atoms with Crippen LogP contribution >= 0.6 is 34.7 Å². The van der Waals surface area contributed by atoms with E-state index >= 15 is 0 Å². The van der Waals surface area contributed by atoms with Crippen LogP contribution in [0, 0.1) is 0 Å². The molecule has 0 saturated heterocycles. The van der Waals surface area contributed by atoms with E-state index in [0.29, 0.717) is 33.2 Å². The van der Waals surface area contributed by atoms with Crippen molar-refractivity contribution in [3.8, 4) is 11.4 Å². The first-order chi connectivity index (χ1) is 15.3. The number of rotatable bonds is 10. The summed E-state index contributed by atoms with van der Waals surface area (Å²) < 4.78 is 39.7. The number of sulfonamides is 1. The molecule has 1 N–H and O–H groups in total. The number of hydrogen-bond acceptors (Lipinski definition) is 9. The fraction of sp³-hybridized carbons (Fsp3) is 0.211. The van der Waals surface area contributed by atoms with Gasteiger partial charge in [-0.1, -0.05) is 29.9 Å². The Morgan fingerprint density at radius 2 is 1.97 bits per heavy atom. The third-order valence-electron chi connectivity index (χ3n) is 4.10. The van der Waals surface area contributed by atoms with Gasteiger partial charge in [0.1, 0.15) is 15.5 Å². The van der Waals surface area contributed by atoms with Gasteiger partial charge < -0.3 is 9.47 Å². The van der Waals surface area contributed by atoms with Crippen molar-refractivity contribution in [2.75, 3.05) is 20.0 Å². The van der Waals surface area contributed by atoms with Crippen molar-refractivity contribution >= 4 is 50.7 Å². The van der Waals surface area contributed by atoms with Crippen molar-refractivity contribution in [2.45, 2.75) is 16.6 Å². The summed E-state index contributed by atoms with van der Waals surface area (Å²) in [7, 11) is -1.25. The van der Waals surface area contributed by atoms with Gasteiger partial charge in [-0.15, -0.1) is 21.5 Å². The first kappa shape index (κ1) is 24.3. The number of halogens is 1. The SMILES string of the molecule is C=C(Cl)CSc1nnc(CNS(=O)(=O)c2ccsc2C(=O)OC)n1-c1ccc(OC)cc1. The number of thiophene rings is 1. The van der Waals surface area contributed by atoms with Gasteiger partial charge in [0.25, 0.3) is 0 Å². The highest BCUT2D eigenvalue weighted by Crippen LogP contribution is 2.26. The zero-order valence-corrected chi connectivity index (χ0v) is 20.3. The molecule has 0 amide bonds. The Bertz CT molecular complexity index is 1220. The van der Waals surface area contributed by atoms with Gasteiger partial charge in [-0.3, -0.25) is 4.57 Å². The van der Waals surface area contributed by atoms with Crippen LogP contribution in [0.1, 0.15) is 15.5 Å². The number of nitrogens with one attached hydrogen (secondary N) is 1. The molecule has 2 heterocycles. The van der Waals surface area contributed by atoms with Gasteiger partial charge >= 0.3 is 5.97 Å². The Morgan fingerprint density at radius 3 is 2.59 bits per heavy atom. The summed E-state index contributed by atoms with van der Waals surface area (Å²) in [6.07, 6.45) is 0. The molecule has 0 atom stereocenters. The first-order valence-electron chi connectivity index (χ1n) is 8.97. The van der Waals surface area contributed by atoms with Gasteiger partial charge in [0, 0.05) is 16.5 Å². The Labute approximate surface area is 198 Å². The molecular weight excluding hydrogens is 496 g/mol. The molecule has 1 aromatic carbocycles. The zero-order chi connectivity index (χ0) is 23.3. The van der Waals surface area contributed by atoms with E-state index in [1.807, 2.05) is 0 Å². The van der Waals surface area contributed by atoms with Crippen molar-refractivity contribution in [2.24, 2.45) is 0 Å². The second kappa shape index (κ2) is 10.5. The van der Waals surface area contributed by atoms with Gasteiger partial charge in [0.2, 0.25) is 10.0 Å². The van der Waals surface area contributed by atoms with E-state index < -0.39 is 16.0 Å². The monoisotopic (exact) mass is 514 g/mol. The van der Waals surface area contributed by atoms with Gasteiger partial charge in [-0.25, -0.2) is 17.9 Å². The molecule has 3 aromatic rings. The van der Waals surface area contributed by atoms with Crippen molar-refractivity contribution in [1.29, 1.82) is 0 Å². The standard InChI is InChI=1S/C19H19ClN4O5S3/c1-12(20)11-31-19-23-22-16(24(19)13-4-6-14(28-2)7-5-13)10-21-32(26,27)15-8-9-30-17(15)18(25)29-3/h4-9,21H,1,10-11H2,2-3H3. The smallest absolute Gasteiger partial charge is 0.349 e. The van der Waals surface area contributed by atoms with E-state index in [2.05, 4.69) is 26.2 Å². The molecule has 0 bridgehead atoms. The highest BCUT2D eigenvalue weighted by atomic mass is 35.5. The molecule has 170 valence electrons. The fourth-order valence-corrected chi connectivity index (χ4v) is 5.83. The molecule has 0 unspecified atom stereocenters.